The van der Waals surface area contributed by atoms with Gasteiger partial charge in [-0.1, -0.05) is 27.7 Å². The number of likely N-dealkylation sites (N-methyl/N-ethyl adjacent to an activating group) is 1. The van der Waals surface area contributed by atoms with E-state index in [9.17, 15) is 4.79 Å². The Labute approximate surface area is 87.6 Å². The maximum atomic E-state index is 11.7. The highest BCUT2D eigenvalue weighted by molar-refractivity contribution is 5.85. The SMILES string of the molecule is CCNC(C)(C)C(=O)NCC(C)(C)C. The van der Waals surface area contributed by atoms with Crippen LogP contribution in [0.15, 0.2) is 0 Å². The molecule has 0 rings (SSSR count). The van der Waals surface area contributed by atoms with Crippen molar-refractivity contribution in [1.29, 1.82) is 0 Å². The minimum atomic E-state index is -0.472. The molecule has 0 aliphatic carbocycles. The van der Waals surface area contributed by atoms with Crippen molar-refractivity contribution < 1.29 is 4.79 Å². The molecule has 0 aliphatic rings. The Bertz CT molecular complexity index is 192. The van der Waals surface area contributed by atoms with Crippen LogP contribution in [0.3, 0.4) is 0 Å². The summed E-state index contributed by atoms with van der Waals surface area (Å²) in [5, 5.41) is 6.09. The number of rotatable bonds is 4. The van der Waals surface area contributed by atoms with Crippen molar-refractivity contribution in [3.63, 3.8) is 0 Å². The molecule has 0 aliphatic heterocycles. The molecule has 0 aromatic rings. The van der Waals surface area contributed by atoms with Gasteiger partial charge in [-0.25, -0.2) is 0 Å². The normalized spacial score (nSPS) is 12.7. The maximum Gasteiger partial charge on any atom is 0.239 e. The van der Waals surface area contributed by atoms with Crippen molar-refractivity contribution in [2.75, 3.05) is 13.1 Å². The third kappa shape index (κ3) is 5.22. The topological polar surface area (TPSA) is 41.1 Å². The summed E-state index contributed by atoms with van der Waals surface area (Å²) in [6.07, 6.45) is 0. The van der Waals surface area contributed by atoms with Crippen LogP contribution in [0.25, 0.3) is 0 Å². The van der Waals surface area contributed by atoms with E-state index in [1.165, 1.54) is 0 Å². The zero-order valence-corrected chi connectivity index (χ0v) is 10.3. The molecule has 0 saturated heterocycles. The van der Waals surface area contributed by atoms with Crippen molar-refractivity contribution in [2.24, 2.45) is 5.41 Å². The quantitative estimate of drug-likeness (QED) is 0.722. The van der Waals surface area contributed by atoms with E-state index in [2.05, 4.69) is 31.4 Å². The molecule has 0 fully saturated rings. The van der Waals surface area contributed by atoms with E-state index in [-0.39, 0.29) is 11.3 Å². The molecule has 0 unspecified atom stereocenters. The molecule has 0 atom stereocenters. The molecule has 3 nitrogen and oxygen atoms in total. The Hall–Kier alpha value is -0.570. The second-order valence-corrected chi connectivity index (χ2v) is 5.40. The first-order valence-corrected chi connectivity index (χ1v) is 5.22. The van der Waals surface area contributed by atoms with Crippen LogP contribution in [0.1, 0.15) is 41.5 Å². The second-order valence-electron chi connectivity index (χ2n) is 5.40. The van der Waals surface area contributed by atoms with Gasteiger partial charge in [0.05, 0.1) is 5.54 Å². The van der Waals surface area contributed by atoms with Gasteiger partial charge < -0.3 is 10.6 Å². The molecule has 3 heteroatoms. The highest BCUT2D eigenvalue weighted by Gasteiger charge is 2.26. The average Bonchev–Trinajstić information content (AvgIpc) is 1.98. The molecule has 1 amide bonds. The summed E-state index contributed by atoms with van der Waals surface area (Å²) in [5.74, 6) is 0.0641. The minimum Gasteiger partial charge on any atom is -0.354 e. The van der Waals surface area contributed by atoms with Gasteiger partial charge in [-0.3, -0.25) is 4.79 Å². The van der Waals surface area contributed by atoms with Crippen molar-refractivity contribution in [1.82, 2.24) is 10.6 Å². The summed E-state index contributed by atoms with van der Waals surface area (Å²) in [7, 11) is 0. The predicted molar refractivity (Wildman–Crippen MR) is 60.2 cm³/mol. The van der Waals surface area contributed by atoms with E-state index < -0.39 is 5.54 Å². The molecule has 84 valence electrons. The molecular weight excluding hydrogens is 176 g/mol. The van der Waals surface area contributed by atoms with Crippen molar-refractivity contribution in [2.45, 2.75) is 47.1 Å². The molecule has 14 heavy (non-hydrogen) atoms. The predicted octanol–water partition coefficient (Wildman–Crippen LogP) is 1.54. The van der Waals surface area contributed by atoms with Gasteiger partial charge in [0.25, 0.3) is 0 Å². The van der Waals surface area contributed by atoms with Crippen LogP contribution >= 0.6 is 0 Å². The summed E-state index contributed by atoms with van der Waals surface area (Å²) in [6.45, 7) is 13.6. The first-order chi connectivity index (χ1) is 6.19. The van der Waals surface area contributed by atoms with Crippen LogP contribution in [0.5, 0.6) is 0 Å². The van der Waals surface area contributed by atoms with Gasteiger partial charge in [-0.05, 0) is 25.8 Å². The summed E-state index contributed by atoms with van der Waals surface area (Å²) in [4.78, 5) is 11.7. The monoisotopic (exact) mass is 200 g/mol. The Morgan fingerprint density at radius 2 is 1.64 bits per heavy atom. The van der Waals surface area contributed by atoms with Gasteiger partial charge in [-0.15, -0.1) is 0 Å². The summed E-state index contributed by atoms with van der Waals surface area (Å²) in [6, 6.07) is 0. The largest absolute Gasteiger partial charge is 0.354 e. The van der Waals surface area contributed by atoms with E-state index in [0.717, 1.165) is 6.54 Å². The van der Waals surface area contributed by atoms with Gasteiger partial charge >= 0.3 is 0 Å². The molecule has 0 heterocycles. The summed E-state index contributed by atoms with van der Waals surface area (Å²) in [5.41, 5.74) is -0.335. The highest BCUT2D eigenvalue weighted by atomic mass is 16.2. The lowest BCUT2D eigenvalue weighted by Gasteiger charge is -2.27. The lowest BCUT2D eigenvalue weighted by atomic mass is 9.96. The highest BCUT2D eigenvalue weighted by Crippen LogP contribution is 2.11. The zero-order valence-electron chi connectivity index (χ0n) is 10.3. The van der Waals surface area contributed by atoms with E-state index in [4.69, 9.17) is 0 Å². The van der Waals surface area contributed by atoms with Crippen molar-refractivity contribution in [3.05, 3.63) is 0 Å². The molecule has 2 N–H and O–H groups in total. The lowest BCUT2D eigenvalue weighted by Crippen LogP contribution is -2.53. The van der Waals surface area contributed by atoms with Crippen LogP contribution in [0.2, 0.25) is 0 Å². The van der Waals surface area contributed by atoms with Gasteiger partial charge in [0.15, 0.2) is 0 Å². The third-order valence-electron chi connectivity index (χ3n) is 1.97. The lowest BCUT2D eigenvalue weighted by molar-refractivity contribution is -0.126. The number of hydrogen-bond donors (Lipinski definition) is 2. The van der Waals surface area contributed by atoms with E-state index in [1.54, 1.807) is 0 Å². The molecule has 0 saturated carbocycles. The van der Waals surface area contributed by atoms with Crippen LogP contribution in [0.4, 0.5) is 0 Å². The van der Waals surface area contributed by atoms with Gasteiger partial charge in [0.2, 0.25) is 5.91 Å². The number of hydrogen-bond acceptors (Lipinski definition) is 2. The van der Waals surface area contributed by atoms with Crippen molar-refractivity contribution >= 4 is 5.91 Å². The van der Waals surface area contributed by atoms with Crippen LogP contribution < -0.4 is 10.6 Å². The Kier molecular flexibility index (Phi) is 4.59. The van der Waals surface area contributed by atoms with Crippen LogP contribution in [-0.4, -0.2) is 24.5 Å². The average molecular weight is 200 g/mol. The van der Waals surface area contributed by atoms with Crippen molar-refractivity contribution in [3.8, 4) is 0 Å². The zero-order chi connectivity index (χ0) is 11.4. The van der Waals surface area contributed by atoms with E-state index >= 15 is 0 Å². The molecule has 0 radical (unpaired) electrons. The van der Waals surface area contributed by atoms with Crippen LogP contribution in [-0.2, 0) is 4.79 Å². The van der Waals surface area contributed by atoms with E-state index in [0.29, 0.717) is 6.54 Å². The molecule has 0 spiro atoms. The third-order valence-corrected chi connectivity index (χ3v) is 1.97. The fourth-order valence-electron chi connectivity index (χ4n) is 1.09. The second kappa shape index (κ2) is 4.78. The number of amides is 1. The first-order valence-electron chi connectivity index (χ1n) is 5.22. The number of carbonyl (C=O) groups excluding carboxylic acids is 1. The molecule has 0 bridgehead atoms. The number of nitrogens with one attached hydrogen (secondary N) is 2. The molecular formula is C11H24N2O. The fraction of sp³-hybridized carbons (Fsp3) is 0.909. The fourth-order valence-corrected chi connectivity index (χ4v) is 1.09. The summed E-state index contributed by atoms with van der Waals surface area (Å²) >= 11 is 0. The Morgan fingerprint density at radius 1 is 1.14 bits per heavy atom. The smallest absolute Gasteiger partial charge is 0.239 e. The van der Waals surface area contributed by atoms with Gasteiger partial charge in [-0.2, -0.15) is 0 Å². The number of carbonyl (C=O) groups is 1. The first kappa shape index (κ1) is 13.4. The Morgan fingerprint density at radius 3 is 2.00 bits per heavy atom. The molecule has 0 aromatic heterocycles. The van der Waals surface area contributed by atoms with Gasteiger partial charge in [0, 0.05) is 6.54 Å². The summed E-state index contributed by atoms with van der Waals surface area (Å²) < 4.78 is 0. The van der Waals surface area contributed by atoms with Crippen LogP contribution in [0, 0.1) is 5.41 Å². The maximum absolute atomic E-state index is 11.7. The Balaban J connectivity index is 4.08. The molecule has 0 aromatic carbocycles. The van der Waals surface area contributed by atoms with E-state index in [1.807, 2.05) is 20.8 Å². The minimum absolute atomic E-state index is 0.0641. The standard InChI is InChI=1S/C11H24N2O/c1-7-13-11(5,6)9(14)12-8-10(2,3)4/h13H,7-8H2,1-6H3,(H,12,14). The van der Waals surface area contributed by atoms with Gasteiger partial charge in [0.1, 0.15) is 0 Å².